The molecule has 0 radical (unpaired) electrons. The molecule has 5 nitrogen and oxygen atoms in total. The molecule has 0 fully saturated rings. The Kier molecular flexibility index (Phi) is 5.30. The van der Waals surface area contributed by atoms with Crippen molar-refractivity contribution in [2.45, 2.75) is 26.7 Å². The number of hydrogen-bond acceptors (Lipinski definition) is 5. The van der Waals surface area contributed by atoms with Crippen LogP contribution in [0.15, 0.2) is 17.8 Å². The highest BCUT2D eigenvalue weighted by atomic mass is 16.5. The number of rotatable bonds is 6. The molecule has 0 bridgehead atoms. The molecule has 0 aliphatic carbocycles. The summed E-state index contributed by atoms with van der Waals surface area (Å²) in [7, 11) is 2.93. The van der Waals surface area contributed by atoms with Gasteiger partial charge in [-0.2, -0.15) is 4.98 Å². The molecule has 1 heterocycles. The molecule has 1 rings (SSSR count). The van der Waals surface area contributed by atoms with E-state index in [0.29, 0.717) is 5.88 Å². The summed E-state index contributed by atoms with van der Waals surface area (Å²) in [6.07, 6.45) is 4.68. The van der Waals surface area contributed by atoms with Crippen molar-refractivity contribution in [1.82, 2.24) is 9.97 Å². The third-order valence-electron chi connectivity index (χ3n) is 2.60. The zero-order valence-electron chi connectivity index (χ0n) is 11.2. The van der Waals surface area contributed by atoms with Gasteiger partial charge in [0.25, 0.3) is 0 Å². The van der Waals surface area contributed by atoms with Crippen molar-refractivity contribution in [2.75, 3.05) is 14.2 Å². The highest BCUT2D eigenvalue weighted by molar-refractivity contribution is 6.05. The summed E-state index contributed by atoms with van der Waals surface area (Å²) in [4.78, 5) is 20.1. The van der Waals surface area contributed by atoms with Crippen LogP contribution in [-0.2, 0) is 0 Å². The maximum atomic E-state index is 12.1. The van der Waals surface area contributed by atoms with Gasteiger partial charge >= 0.3 is 0 Å². The average Bonchev–Trinajstić information content (AvgIpc) is 2.43. The normalized spacial score (nSPS) is 9.78. The minimum Gasteiger partial charge on any atom is -0.480 e. The van der Waals surface area contributed by atoms with E-state index in [1.807, 2.05) is 13.8 Å². The van der Waals surface area contributed by atoms with Crippen LogP contribution >= 0.6 is 0 Å². The molecule has 0 spiro atoms. The number of nitrogens with zero attached hydrogens (tertiary/aromatic N) is 2. The number of allylic oxidation sites excluding steroid dienone is 2. The Morgan fingerprint density at radius 1 is 1.28 bits per heavy atom. The average molecular weight is 250 g/mol. The second-order valence-electron chi connectivity index (χ2n) is 3.64. The summed E-state index contributed by atoms with van der Waals surface area (Å²) in [5.41, 5.74) is 1.28. The molecule has 1 aromatic heterocycles. The molecule has 0 saturated carbocycles. The SMILES string of the molecule is CCC(=CC(=O)c1ncc(OC)nc1OC)CC. The molecule has 0 amide bonds. The fourth-order valence-corrected chi connectivity index (χ4v) is 1.47. The number of hydrogen-bond donors (Lipinski definition) is 0. The van der Waals surface area contributed by atoms with E-state index in [1.54, 1.807) is 6.08 Å². The maximum absolute atomic E-state index is 12.1. The Balaban J connectivity index is 3.09. The fraction of sp³-hybridized carbons (Fsp3) is 0.462. The number of methoxy groups -OCH3 is 2. The largest absolute Gasteiger partial charge is 0.480 e. The number of carbonyl (C=O) groups excluding carboxylic acids is 1. The van der Waals surface area contributed by atoms with E-state index in [4.69, 9.17) is 9.47 Å². The molecule has 18 heavy (non-hydrogen) atoms. The van der Waals surface area contributed by atoms with Crippen molar-refractivity contribution in [3.05, 3.63) is 23.5 Å². The Labute approximate surface area is 107 Å². The molecule has 5 heteroatoms. The lowest BCUT2D eigenvalue weighted by molar-refractivity contribution is 0.103. The van der Waals surface area contributed by atoms with Crippen molar-refractivity contribution in [2.24, 2.45) is 0 Å². The summed E-state index contributed by atoms with van der Waals surface area (Å²) >= 11 is 0. The van der Waals surface area contributed by atoms with Gasteiger partial charge in [-0.15, -0.1) is 0 Å². The van der Waals surface area contributed by atoms with Crippen LogP contribution in [0.3, 0.4) is 0 Å². The molecule has 0 aliphatic rings. The Morgan fingerprint density at radius 3 is 2.44 bits per heavy atom. The van der Waals surface area contributed by atoms with E-state index in [1.165, 1.54) is 20.4 Å². The quantitative estimate of drug-likeness (QED) is 0.573. The van der Waals surface area contributed by atoms with Crippen molar-refractivity contribution in [1.29, 1.82) is 0 Å². The Morgan fingerprint density at radius 2 is 1.94 bits per heavy atom. The summed E-state index contributed by atoms with van der Waals surface area (Å²) in [6.45, 7) is 4.03. The van der Waals surface area contributed by atoms with Crippen LogP contribution in [0.2, 0.25) is 0 Å². The van der Waals surface area contributed by atoms with Crippen LogP contribution in [0.5, 0.6) is 11.8 Å². The number of aromatic nitrogens is 2. The minimum atomic E-state index is -0.194. The van der Waals surface area contributed by atoms with Crippen LogP contribution in [0, 0.1) is 0 Å². The molecule has 0 aliphatic heterocycles. The first kappa shape index (κ1) is 14.2. The molecule has 0 saturated heterocycles. The summed E-state index contributed by atoms with van der Waals surface area (Å²) < 4.78 is 9.99. The van der Waals surface area contributed by atoms with E-state index in [2.05, 4.69) is 9.97 Å². The topological polar surface area (TPSA) is 61.3 Å². The molecular formula is C13H18N2O3. The first-order valence-corrected chi connectivity index (χ1v) is 5.85. The first-order valence-electron chi connectivity index (χ1n) is 5.85. The molecule has 98 valence electrons. The molecule has 0 N–H and O–H groups in total. The minimum absolute atomic E-state index is 0.183. The number of carbonyl (C=O) groups is 1. The van der Waals surface area contributed by atoms with E-state index in [0.717, 1.165) is 18.4 Å². The lowest BCUT2D eigenvalue weighted by Crippen LogP contribution is -2.06. The van der Waals surface area contributed by atoms with Crippen LogP contribution in [0.25, 0.3) is 0 Å². The lowest BCUT2D eigenvalue weighted by Gasteiger charge is -2.06. The molecular weight excluding hydrogens is 232 g/mol. The van der Waals surface area contributed by atoms with Gasteiger partial charge in [-0.3, -0.25) is 4.79 Å². The van der Waals surface area contributed by atoms with Gasteiger partial charge in [0.2, 0.25) is 17.5 Å². The lowest BCUT2D eigenvalue weighted by atomic mass is 10.1. The van der Waals surface area contributed by atoms with Gasteiger partial charge < -0.3 is 9.47 Å². The predicted octanol–water partition coefficient (Wildman–Crippen LogP) is 2.42. The zero-order chi connectivity index (χ0) is 13.5. The van der Waals surface area contributed by atoms with Gasteiger partial charge in [-0.25, -0.2) is 4.98 Å². The van der Waals surface area contributed by atoms with Crippen LogP contribution in [0.1, 0.15) is 37.2 Å². The van der Waals surface area contributed by atoms with Crippen molar-refractivity contribution >= 4 is 5.78 Å². The third-order valence-corrected chi connectivity index (χ3v) is 2.60. The second-order valence-corrected chi connectivity index (χ2v) is 3.64. The highest BCUT2D eigenvalue weighted by Crippen LogP contribution is 2.18. The van der Waals surface area contributed by atoms with E-state index >= 15 is 0 Å². The first-order chi connectivity index (χ1) is 8.65. The van der Waals surface area contributed by atoms with Gasteiger partial charge in [0.15, 0.2) is 5.69 Å². The standard InChI is InChI=1S/C13H18N2O3/c1-5-9(6-2)7-10(16)12-13(18-4)15-11(17-3)8-14-12/h7-8H,5-6H2,1-4H3. The van der Waals surface area contributed by atoms with Gasteiger partial charge in [-0.05, 0) is 18.9 Å². The number of ketones is 1. The van der Waals surface area contributed by atoms with E-state index in [9.17, 15) is 4.79 Å². The van der Waals surface area contributed by atoms with E-state index in [-0.39, 0.29) is 17.4 Å². The summed E-state index contributed by atoms with van der Waals surface area (Å²) in [5, 5.41) is 0. The molecule has 0 unspecified atom stereocenters. The van der Waals surface area contributed by atoms with E-state index < -0.39 is 0 Å². The Bertz CT molecular complexity index is 450. The van der Waals surface area contributed by atoms with Gasteiger partial charge in [-0.1, -0.05) is 19.4 Å². The van der Waals surface area contributed by atoms with Crippen molar-refractivity contribution in [3.8, 4) is 11.8 Å². The van der Waals surface area contributed by atoms with Crippen molar-refractivity contribution in [3.63, 3.8) is 0 Å². The summed E-state index contributed by atoms with van der Waals surface area (Å²) in [5.74, 6) is 0.307. The van der Waals surface area contributed by atoms with Crippen LogP contribution in [-0.4, -0.2) is 30.0 Å². The van der Waals surface area contributed by atoms with Gasteiger partial charge in [0, 0.05) is 0 Å². The van der Waals surface area contributed by atoms with Gasteiger partial charge in [0.05, 0.1) is 20.4 Å². The maximum Gasteiger partial charge on any atom is 0.247 e. The highest BCUT2D eigenvalue weighted by Gasteiger charge is 2.15. The zero-order valence-corrected chi connectivity index (χ0v) is 11.2. The van der Waals surface area contributed by atoms with Gasteiger partial charge in [0.1, 0.15) is 0 Å². The Hall–Kier alpha value is -1.91. The monoisotopic (exact) mass is 250 g/mol. The van der Waals surface area contributed by atoms with Crippen molar-refractivity contribution < 1.29 is 14.3 Å². The smallest absolute Gasteiger partial charge is 0.247 e. The molecule has 0 atom stereocenters. The third kappa shape index (κ3) is 3.29. The predicted molar refractivity (Wildman–Crippen MR) is 68.1 cm³/mol. The number of ether oxygens (including phenoxy) is 2. The van der Waals surface area contributed by atoms with Crippen LogP contribution in [0.4, 0.5) is 0 Å². The second kappa shape index (κ2) is 6.74. The molecule has 1 aromatic rings. The van der Waals surface area contributed by atoms with Crippen LogP contribution < -0.4 is 9.47 Å². The fourth-order valence-electron chi connectivity index (χ4n) is 1.47. The molecule has 0 aromatic carbocycles. The summed E-state index contributed by atoms with van der Waals surface area (Å²) in [6, 6.07) is 0.